The number of nitrogens with one attached hydrogen (secondary N) is 1. The van der Waals surface area contributed by atoms with Gasteiger partial charge in [-0.3, -0.25) is 4.98 Å². The molecule has 5 nitrogen and oxygen atoms in total. The molecule has 1 aliphatic rings. The Morgan fingerprint density at radius 1 is 1.19 bits per heavy atom. The number of carbonyl (C=O) groups is 1. The largest absolute Gasteiger partial charge is 0.376 e. The molecule has 1 N–H and O–H groups in total. The van der Waals surface area contributed by atoms with E-state index in [-0.39, 0.29) is 12.1 Å². The minimum atomic E-state index is -0.0228. The van der Waals surface area contributed by atoms with E-state index in [1.54, 1.807) is 6.20 Å². The fourth-order valence-corrected chi connectivity index (χ4v) is 3.18. The molecule has 0 saturated carbocycles. The van der Waals surface area contributed by atoms with Crippen molar-refractivity contribution in [1.82, 2.24) is 15.2 Å². The number of aryl methyl sites for hydroxylation is 1. The van der Waals surface area contributed by atoms with Crippen LogP contribution in [0.3, 0.4) is 0 Å². The Morgan fingerprint density at radius 2 is 2.04 bits per heavy atom. The molecule has 1 atom stereocenters. The Morgan fingerprint density at radius 3 is 2.77 bits per heavy atom. The Labute approximate surface area is 155 Å². The summed E-state index contributed by atoms with van der Waals surface area (Å²) in [5, 5.41) is 3.05. The van der Waals surface area contributed by atoms with E-state index in [0.29, 0.717) is 19.6 Å². The lowest BCUT2D eigenvalue weighted by Crippen LogP contribution is -2.43. The van der Waals surface area contributed by atoms with E-state index in [0.717, 1.165) is 43.5 Å². The first-order valence-corrected chi connectivity index (χ1v) is 9.39. The van der Waals surface area contributed by atoms with Crippen molar-refractivity contribution in [2.75, 3.05) is 19.7 Å². The summed E-state index contributed by atoms with van der Waals surface area (Å²) in [5.74, 6) is 0. The number of hydrogen-bond acceptors (Lipinski definition) is 3. The minimum Gasteiger partial charge on any atom is -0.376 e. The summed E-state index contributed by atoms with van der Waals surface area (Å²) >= 11 is 0. The molecule has 1 aromatic carbocycles. The average Bonchev–Trinajstić information content (AvgIpc) is 3.19. The zero-order chi connectivity index (χ0) is 18.0. The third-order valence-electron chi connectivity index (χ3n) is 4.56. The molecule has 0 radical (unpaired) electrons. The Hall–Kier alpha value is -2.40. The van der Waals surface area contributed by atoms with Gasteiger partial charge < -0.3 is 15.0 Å². The van der Waals surface area contributed by atoms with Crippen LogP contribution in [0.15, 0.2) is 54.7 Å². The molecule has 1 aliphatic heterocycles. The summed E-state index contributed by atoms with van der Waals surface area (Å²) in [4.78, 5) is 18.9. The molecule has 1 fully saturated rings. The molecule has 2 aromatic rings. The molecule has 0 aliphatic carbocycles. The normalized spacial score (nSPS) is 16.4. The van der Waals surface area contributed by atoms with Crippen LogP contribution in [0.1, 0.15) is 30.5 Å². The average molecular weight is 353 g/mol. The number of hydrogen-bond donors (Lipinski definition) is 1. The summed E-state index contributed by atoms with van der Waals surface area (Å²) < 4.78 is 5.72. The lowest BCUT2D eigenvalue weighted by atomic mass is 10.2. The van der Waals surface area contributed by atoms with Gasteiger partial charge in [0.25, 0.3) is 0 Å². The number of pyridine rings is 1. The topological polar surface area (TPSA) is 54.5 Å². The lowest BCUT2D eigenvalue weighted by molar-refractivity contribution is 0.0795. The van der Waals surface area contributed by atoms with Crippen molar-refractivity contribution in [1.29, 1.82) is 0 Å². The smallest absolute Gasteiger partial charge is 0.317 e. The highest BCUT2D eigenvalue weighted by atomic mass is 16.5. The number of amides is 2. The fourth-order valence-electron chi connectivity index (χ4n) is 3.18. The van der Waals surface area contributed by atoms with E-state index in [2.05, 4.69) is 22.4 Å². The van der Waals surface area contributed by atoms with Gasteiger partial charge in [-0.25, -0.2) is 4.79 Å². The molecule has 2 amide bonds. The monoisotopic (exact) mass is 353 g/mol. The van der Waals surface area contributed by atoms with Gasteiger partial charge in [0.2, 0.25) is 0 Å². The molecular formula is C21H27N3O2. The van der Waals surface area contributed by atoms with Crippen LogP contribution in [-0.4, -0.2) is 41.7 Å². The molecule has 0 unspecified atom stereocenters. The van der Waals surface area contributed by atoms with Gasteiger partial charge in [-0.2, -0.15) is 0 Å². The summed E-state index contributed by atoms with van der Waals surface area (Å²) in [6, 6.07) is 16.0. The molecule has 1 saturated heterocycles. The SMILES string of the molecule is O=C(NCCCc1ccccn1)N(Cc1ccccc1)C[C@H]1CCCO1. The van der Waals surface area contributed by atoms with Crippen LogP contribution < -0.4 is 5.32 Å². The number of ether oxygens (including phenoxy) is 1. The lowest BCUT2D eigenvalue weighted by Gasteiger charge is -2.26. The highest BCUT2D eigenvalue weighted by Crippen LogP contribution is 2.15. The van der Waals surface area contributed by atoms with Gasteiger partial charge in [0, 0.05) is 38.1 Å². The van der Waals surface area contributed by atoms with Crippen LogP contribution in [0.2, 0.25) is 0 Å². The summed E-state index contributed by atoms with van der Waals surface area (Å²) in [5.41, 5.74) is 2.19. The van der Waals surface area contributed by atoms with Gasteiger partial charge >= 0.3 is 6.03 Å². The van der Waals surface area contributed by atoms with Crippen LogP contribution in [0.4, 0.5) is 4.79 Å². The Balaban J connectivity index is 1.50. The van der Waals surface area contributed by atoms with Crippen LogP contribution in [0.5, 0.6) is 0 Å². The van der Waals surface area contributed by atoms with Gasteiger partial charge in [-0.05, 0) is 43.4 Å². The second-order valence-corrected chi connectivity index (χ2v) is 6.66. The summed E-state index contributed by atoms with van der Waals surface area (Å²) in [6.45, 7) is 2.69. The Bertz CT molecular complexity index is 657. The van der Waals surface area contributed by atoms with Crippen molar-refractivity contribution in [3.8, 4) is 0 Å². The van der Waals surface area contributed by atoms with Gasteiger partial charge in [0.05, 0.1) is 6.10 Å². The Kier molecular flexibility index (Phi) is 7.02. The van der Waals surface area contributed by atoms with E-state index in [1.165, 1.54) is 0 Å². The summed E-state index contributed by atoms with van der Waals surface area (Å²) in [7, 11) is 0. The highest BCUT2D eigenvalue weighted by Gasteiger charge is 2.22. The molecule has 2 heterocycles. The molecule has 138 valence electrons. The number of urea groups is 1. The highest BCUT2D eigenvalue weighted by molar-refractivity contribution is 5.74. The second-order valence-electron chi connectivity index (χ2n) is 6.66. The van der Waals surface area contributed by atoms with Crippen LogP contribution >= 0.6 is 0 Å². The van der Waals surface area contributed by atoms with Crippen molar-refractivity contribution >= 4 is 6.03 Å². The fraction of sp³-hybridized carbons (Fsp3) is 0.429. The number of benzene rings is 1. The van der Waals surface area contributed by atoms with E-state index in [9.17, 15) is 4.79 Å². The minimum absolute atomic E-state index is 0.0228. The maximum atomic E-state index is 12.7. The second kappa shape index (κ2) is 9.92. The summed E-state index contributed by atoms with van der Waals surface area (Å²) in [6.07, 6.45) is 5.80. The van der Waals surface area contributed by atoms with Gasteiger partial charge in [-0.1, -0.05) is 36.4 Å². The first-order valence-electron chi connectivity index (χ1n) is 9.39. The van der Waals surface area contributed by atoms with Crippen LogP contribution in [0, 0.1) is 0 Å². The third-order valence-corrected chi connectivity index (χ3v) is 4.56. The molecule has 5 heteroatoms. The van der Waals surface area contributed by atoms with Crippen molar-refractivity contribution in [3.63, 3.8) is 0 Å². The molecule has 1 aromatic heterocycles. The van der Waals surface area contributed by atoms with E-state index < -0.39 is 0 Å². The molecular weight excluding hydrogens is 326 g/mol. The molecule has 0 spiro atoms. The standard InChI is InChI=1S/C21H27N3O2/c25-21(23-14-6-11-19-10-4-5-13-22-19)24(17-20-12-7-15-26-20)16-18-8-2-1-3-9-18/h1-5,8-10,13,20H,6-7,11-12,14-17H2,(H,23,25)/t20-/m1/s1. The zero-order valence-electron chi connectivity index (χ0n) is 15.1. The first-order chi connectivity index (χ1) is 12.8. The van der Waals surface area contributed by atoms with E-state index >= 15 is 0 Å². The maximum absolute atomic E-state index is 12.7. The van der Waals surface area contributed by atoms with Crippen molar-refractivity contribution < 1.29 is 9.53 Å². The predicted molar refractivity (Wildman–Crippen MR) is 102 cm³/mol. The number of aromatic nitrogens is 1. The van der Waals surface area contributed by atoms with Gasteiger partial charge in [-0.15, -0.1) is 0 Å². The van der Waals surface area contributed by atoms with Gasteiger partial charge in [0.1, 0.15) is 0 Å². The van der Waals surface area contributed by atoms with Crippen LogP contribution in [-0.2, 0) is 17.7 Å². The van der Waals surface area contributed by atoms with Gasteiger partial charge in [0.15, 0.2) is 0 Å². The third kappa shape index (κ3) is 5.85. The number of nitrogens with zero attached hydrogens (tertiary/aromatic N) is 2. The van der Waals surface area contributed by atoms with E-state index in [1.807, 2.05) is 41.3 Å². The first kappa shape index (κ1) is 18.4. The molecule has 3 rings (SSSR count). The van der Waals surface area contributed by atoms with Crippen LogP contribution in [0.25, 0.3) is 0 Å². The zero-order valence-corrected chi connectivity index (χ0v) is 15.1. The van der Waals surface area contributed by atoms with Crippen molar-refractivity contribution in [2.24, 2.45) is 0 Å². The molecule has 26 heavy (non-hydrogen) atoms. The van der Waals surface area contributed by atoms with Crippen molar-refractivity contribution in [3.05, 3.63) is 66.0 Å². The quantitative estimate of drug-likeness (QED) is 0.740. The number of rotatable bonds is 8. The van der Waals surface area contributed by atoms with Crippen molar-refractivity contribution in [2.45, 2.75) is 38.3 Å². The predicted octanol–water partition coefficient (Wildman–Crippen LogP) is 3.41. The molecule has 0 bridgehead atoms. The van der Waals surface area contributed by atoms with E-state index in [4.69, 9.17) is 4.74 Å². The maximum Gasteiger partial charge on any atom is 0.317 e. The number of carbonyl (C=O) groups excluding carboxylic acids is 1.